The Balaban J connectivity index is 2.21. The number of rotatable bonds is 6. The minimum Gasteiger partial charge on any atom is -0.312 e. The summed E-state index contributed by atoms with van der Waals surface area (Å²) in [5.41, 5.74) is 1.82. The molecular formula is C17H30N2S. The molecule has 1 fully saturated rings. The summed E-state index contributed by atoms with van der Waals surface area (Å²) in [5, 5.41) is 8.32. The van der Waals surface area contributed by atoms with E-state index in [1.165, 1.54) is 44.1 Å². The molecule has 114 valence electrons. The fraction of sp³-hybridized carbons (Fsp3) is 0.765. The topological polar surface area (TPSA) is 15.3 Å². The van der Waals surface area contributed by atoms with Gasteiger partial charge in [0.25, 0.3) is 0 Å². The molecule has 1 unspecified atom stereocenters. The Morgan fingerprint density at radius 1 is 1.25 bits per heavy atom. The number of hydrogen-bond donors (Lipinski definition) is 1. The van der Waals surface area contributed by atoms with Gasteiger partial charge >= 0.3 is 0 Å². The molecule has 0 aliphatic heterocycles. The zero-order chi connectivity index (χ0) is 14.4. The van der Waals surface area contributed by atoms with E-state index >= 15 is 0 Å². The van der Waals surface area contributed by atoms with E-state index in [4.69, 9.17) is 0 Å². The van der Waals surface area contributed by atoms with Gasteiger partial charge in [0.15, 0.2) is 0 Å². The van der Waals surface area contributed by atoms with Gasteiger partial charge in [-0.05, 0) is 62.3 Å². The average Bonchev–Trinajstić information content (AvgIpc) is 2.80. The van der Waals surface area contributed by atoms with Crippen molar-refractivity contribution in [2.45, 2.75) is 63.5 Å². The maximum Gasteiger partial charge on any atom is 0.0359 e. The third kappa shape index (κ3) is 3.63. The number of hydrogen-bond acceptors (Lipinski definition) is 3. The average molecular weight is 295 g/mol. The molecule has 1 atom stereocenters. The van der Waals surface area contributed by atoms with Crippen LogP contribution in [0, 0.1) is 0 Å². The van der Waals surface area contributed by atoms with E-state index < -0.39 is 0 Å². The zero-order valence-corrected chi connectivity index (χ0v) is 14.1. The van der Waals surface area contributed by atoms with Gasteiger partial charge in [-0.2, -0.15) is 11.3 Å². The highest BCUT2D eigenvalue weighted by atomic mass is 32.1. The SMILES string of the molecule is CCNC(Cc1ccsc1)C1(N(C)C)CCCCCC1. The summed E-state index contributed by atoms with van der Waals surface area (Å²) in [4.78, 5) is 2.51. The van der Waals surface area contributed by atoms with E-state index in [1.54, 1.807) is 0 Å². The van der Waals surface area contributed by atoms with E-state index in [2.05, 4.69) is 48.1 Å². The molecule has 1 aromatic heterocycles. The summed E-state index contributed by atoms with van der Waals surface area (Å²) in [6, 6.07) is 2.85. The first kappa shape index (κ1) is 16.0. The number of thiophene rings is 1. The minimum absolute atomic E-state index is 0.328. The second kappa shape index (κ2) is 7.58. The van der Waals surface area contributed by atoms with Gasteiger partial charge in [0.05, 0.1) is 0 Å². The molecule has 1 aliphatic carbocycles. The Morgan fingerprint density at radius 2 is 1.95 bits per heavy atom. The lowest BCUT2D eigenvalue weighted by molar-refractivity contribution is 0.0809. The van der Waals surface area contributed by atoms with Gasteiger partial charge in [-0.15, -0.1) is 0 Å². The van der Waals surface area contributed by atoms with Crippen LogP contribution in [-0.4, -0.2) is 37.1 Å². The largest absolute Gasteiger partial charge is 0.312 e. The Morgan fingerprint density at radius 3 is 2.45 bits per heavy atom. The maximum atomic E-state index is 3.80. The molecule has 0 amide bonds. The molecule has 1 heterocycles. The summed E-state index contributed by atoms with van der Waals surface area (Å²) in [5.74, 6) is 0. The summed E-state index contributed by atoms with van der Waals surface area (Å²) in [6.45, 7) is 3.30. The van der Waals surface area contributed by atoms with Crippen LogP contribution in [0.3, 0.4) is 0 Å². The van der Waals surface area contributed by atoms with Crippen molar-refractivity contribution in [2.75, 3.05) is 20.6 Å². The molecule has 1 N–H and O–H groups in total. The Bertz CT molecular complexity index is 364. The zero-order valence-electron chi connectivity index (χ0n) is 13.3. The predicted octanol–water partition coefficient (Wildman–Crippen LogP) is 3.92. The van der Waals surface area contributed by atoms with Crippen LogP contribution in [0.2, 0.25) is 0 Å². The lowest BCUT2D eigenvalue weighted by Crippen LogP contribution is -2.59. The first-order chi connectivity index (χ1) is 9.69. The maximum absolute atomic E-state index is 3.80. The fourth-order valence-electron chi connectivity index (χ4n) is 3.79. The van der Waals surface area contributed by atoms with Gasteiger partial charge in [-0.1, -0.05) is 32.6 Å². The van der Waals surface area contributed by atoms with Crippen LogP contribution < -0.4 is 5.32 Å². The molecule has 0 radical (unpaired) electrons. The Kier molecular flexibility index (Phi) is 6.06. The molecule has 2 rings (SSSR count). The molecule has 0 saturated heterocycles. The second-order valence-electron chi connectivity index (χ2n) is 6.36. The van der Waals surface area contributed by atoms with Gasteiger partial charge in [0.2, 0.25) is 0 Å². The number of nitrogens with zero attached hydrogens (tertiary/aromatic N) is 1. The quantitative estimate of drug-likeness (QED) is 0.800. The van der Waals surface area contributed by atoms with Crippen molar-refractivity contribution in [1.29, 1.82) is 0 Å². The molecule has 0 aromatic carbocycles. The Labute approximate surface area is 128 Å². The third-order valence-corrected chi connectivity index (χ3v) is 5.71. The monoisotopic (exact) mass is 294 g/mol. The van der Waals surface area contributed by atoms with Crippen molar-refractivity contribution >= 4 is 11.3 Å². The first-order valence-corrected chi connectivity index (χ1v) is 9.05. The molecule has 0 spiro atoms. The van der Waals surface area contributed by atoms with Gasteiger partial charge in [0.1, 0.15) is 0 Å². The van der Waals surface area contributed by atoms with Crippen molar-refractivity contribution in [3.05, 3.63) is 22.4 Å². The highest BCUT2D eigenvalue weighted by Crippen LogP contribution is 2.35. The van der Waals surface area contributed by atoms with Crippen LogP contribution >= 0.6 is 11.3 Å². The summed E-state index contributed by atoms with van der Waals surface area (Å²) >= 11 is 1.82. The van der Waals surface area contributed by atoms with Crippen LogP contribution in [0.25, 0.3) is 0 Å². The molecule has 1 aromatic rings. The van der Waals surface area contributed by atoms with Crippen LogP contribution in [0.4, 0.5) is 0 Å². The molecule has 20 heavy (non-hydrogen) atoms. The summed E-state index contributed by atoms with van der Waals surface area (Å²) < 4.78 is 0. The van der Waals surface area contributed by atoms with E-state index in [-0.39, 0.29) is 0 Å². The Hall–Kier alpha value is -0.380. The van der Waals surface area contributed by atoms with E-state index in [0.717, 1.165) is 13.0 Å². The van der Waals surface area contributed by atoms with Gasteiger partial charge < -0.3 is 10.2 Å². The number of likely N-dealkylation sites (N-methyl/N-ethyl adjacent to an activating group) is 2. The highest BCUT2D eigenvalue weighted by molar-refractivity contribution is 7.07. The molecule has 2 nitrogen and oxygen atoms in total. The lowest BCUT2D eigenvalue weighted by Gasteiger charge is -2.46. The predicted molar refractivity (Wildman–Crippen MR) is 89.6 cm³/mol. The smallest absolute Gasteiger partial charge is 0.0359 e. The summed E-state index contributed by atoms with van der Waals surface area (Å²) in [6.07, 6.45) is 9.41. The van der Waals surface area contributed by atoms with Gasteiger partial charge in [0, 0.05) is 11.6 Å². The van der Waals surface area contributed by atoms with Crippen molar-refractivity contribution < 1.29 is 0 Å². The van der Waals surface area contributed by atoms with Crippen molar-refractivity contribution in [2.24, 2.45) is 0 Å². The molecule has 1 aliphatic rings. The van der Waals surface area contributed by atoms with E-state index in [9.17, 15) is 0 Å². The van der Waals surface area contributed by atoms with Crippen LogP contribution in [-0.2, 0) is 6.42 Å². The van der Waals surface area contributed by atoms with Crippen molar-refractivity contribution in [3.8, 4) is 0 Å². The van der Waals surface area contributed by atoms with E-state index in [1.807, 2.05) is 11.3 Å². The standard InChI is InChI=1S/C17H30N2S/c1-4-18-16(13-15-9-12-20-14-15)17(19(2)3)10-7-5-6-8-11-17/h9,12,14,16,18H,4-8,10-11,13H2,1-3H3. The van der Waals surface area contributed by atoms with Crippen molar-refractivity contribution in [3.63, 3.8) is 0 Å². The van der Waals surface area contributed by atoms with Crippen molar-refractivity contribution in [1.82, 2.24) is 10.2 Å². The van der Waals surface area contributed by atoms with Crippen LogP contribution in [0.5, 0.6) is 0 Å². The highest BCUT2D eigenvalue weighted by Gasteiger charge is 2.40. The van der Waals surface area contributed by atoms with Gasteiger partial charge in [-0.3, -0.25) is 0 Å². The minimum atomic E-state index is 0.328. The van der Waals surface area contributed by atoms with Crippen LogP contribution in [0.15, 0.2) is 16.8 Å². The lowest BCUT2D eigenvalue weighted by atomic mass is 9.79. The van der Waals surface area contributed by atoms with Crippen LogP contribution in [0.1, 0.15) is 51.0 Å². The molecule has 3 heteroatoms. The first-order valence-electron chi connectivity index (χ1n) is 8.11. The third-order valence-electron chi connectivity index (χ3n) is 4.98. The normalized spacial score (nSPS) is 20.8. The fourth-order valence-corrected chi connectivity index (χ4v) is 4.47. The number of nitrogens with one attached hydrogen (secondary N) is 1. The molecule has 1 saturated carbocycles. The molecular weight excluding hydrogens is 264 g/mol. The second-order valence-corrected chi connectivity index (χ2v) is 7.14. The molecule has 0 bridgehead atoms. The van der Waals surface area contributed by atoms with Gasteiger partial charge in [-0.25, -0.2) is 0 Å². The summed E-state index contributed by atoms with van der Waals surface area (Å²) in [7, 11) is 4.56. The van der Waals surface area contributed by atoms with E-state index in [0.29, 0.717) is 11.6 Å².